The molecule has 0 spiro atoms. The average Bonchev–Trinajstić information content (AvgIpc) is 2.47. The van der Waals surface area contributed by atoms with Crippen LogP contribution in [0, 0.1) is 0 Å². The molecule has 0 aliphatic rings. The normalized spacial score (nSPS) is 11.8. The summed E-state index contributed by atoms with van der Waals surface area (Å²) in [4.78, 5) is 18.9. The maximum atomic E-state index is 4.38. The van der Waals surface area contributed by atoms with Gasteiger partial charge in [0, 0.05) is 33.5 Å². The number of pyridine rings is 1. The topological polar surface area (TPSA) is 78.9 Å². The molecule has 106 valence electrons. The maximum absolute atomic E-state index is 4.38. The standard InChI is InChI=1S/C13H19N7/c1-9(10-6-5-7-15-8-10)16-12-17-11(14-2)18-13(19-12)20(3)4/h5-9H,1-4H3,(H2,14,16,17,18,19). The lowest BCUT2D eigenvalue weighted by atomic mass is 10.1. The molecule has 2 heterocycles. The molecule has 1 atom stereocenters. The smallest absolute Gasteiger partial charge is 0.231 e. The van der Waals surface area contributed by atoms with Gasteiger partial charge in [0.05, 0.1) is 6.04 Å². The quantitative estimate of drug-likeness (QED) is 0.855. The van der Waals surface area contributed by atoms with E-state index in [-0.39, 0.29) is 6.04 Å². The third-order valence-electron chi connectivity index (χ3n) is 2.78. The number of nitrogens with zero attached hydrogens (tertiary/aromatic N) is 5. The van der Waals surface area contributed by atoms with Crippen molar-refractivity contribution >= 4 is 17.8 Å². The van der Waals surface area contributed by atoms with Gasteiger partial charge >= 0.3 is 0 Å². The highest BCUT2D eigenvalue weighted by atomic mass is 15.3. The molecule has 0 aliphatic carbocycles. The summed E-state index contributed by atoms with van der Waals surface area (Å²) < 4.78 is 0. The molecule has 0 amide bonds. The van der Waals surface area contributed by atoms with Crippen LogP contribution in [0.25, 0.3) is 0 Å². The van der Waals surface area contributed by atoms with E-state index in [1.165, 1.54) is 0 Å². The van der Waals surface area contributed by atoms with Crippen LogP contribution in [0.3, 0.4) is 0 Å². The molecule has 0 aliphatic heterocycles. The van der Waals surface area contributed by atoms with Crippen molar-refractivity contribution in [2.24, 2.45) is 0 Å². The van der Waals surface area contributed by atoms with E-state index in [0.717, 1.165) is 5.56 Å². The van der Waals surface area contributed by atoms with Crippen molar-refractivity contribution in [1.82, 2.24) is 19.9 Å². The molecule has 2 N–H and O–H groups in total. The first-order valence-electron chi connectivity index (χ1n) is 6.37. The highest BCUT2D eigenvalue weighted by molar-refractivity contribution is 5.43. The number of rotatable bonds is 5. The summed E-state index contributed by atoms with van der Waals surface area (Å²) in [6, 6.07) is 3.98. The fourth-order valence-corrected chi connectivity index (χ4v) is 1.65. The zero-order chi connectivity index (χ0) is 14.5. The van der Waals surface area contributed by atoms with Crippen molar-refractivity contribution in [1.29, 1.82) is 0 Å². The Labute approximate surface area is 118 Å². The van der Waals surface area contributed by atoms with Crippen LogP contribution < -0.4 is 15.5 Å². The molecule has 0 radical (unpaired) electrons. The number of hydrogen-bond donors (Lipinski definition) is 2. The van der Waals surface area contributed by atoms with Crippen LogP contribution in [-0.2, 0) is 0 Å². The summed E-state index contributed by atoms with van der Waals surface area (Å²) >= 11 is 0. The summed E-state index contributed by atoms with van der Waals surface area (Å²) in [5.41, 5.74) is 1.07. The van der Waals surface area contributed by atoms with Crippen molar-refractivity contribution in [3.63, 3.8) is 0 Å². The molecule has 2 aromatic rings. The highest BCUT2D eigenvalue weighted by Crippen LogP contribution is 2.18. The average molecular weight is 273 g/mol. The van der Waals surface area contributed by atoms with Crippen molar-refractivity contribution in [2.75, 3.05) is 36.7 Å². The Morgan fingerprint density at radius 3 is 2.50 bits per heavy atom. The molecule has 2 rings (SSSR count). The number of hydrogen-bond acceptors (Lipinski definition) is 7. The van der Waals surface area contributed by atoms with Crippen LogP contribution in [0.4, 0.5) is 17.8 Å². The SMILES string of the molecule is CNc1nc(NC(C)c2cccnc2)nc(N(C)C)n1. The second-order valence-corrected chi connectivity index (χ2v) is 4.58. The van der Waals surface area contributed by atoms with E-state index in [0.29, 0.717) is 17.8 Å². The summed E-state index contributed by atoms with van der Waals surface area (Å²) in [5, 5.41) is 6.19. The van der Waals surface area contributed by atoms with E-state index in [2.05, 4.69) is 30.6 Å². The van der Waals surface area contributed by atoms with Crippen molar-refractivity contribution in [3.8, 4) is 0 Å². The van der Waals surface area contributed by atoms with Gasteiger partial charge in [-0.25, -0.2) is 0 Å². The Balaban J connectivity index is 2.22. The lowest BCUT2D eigenvalue weighted by Gasteiger charge is -2.16. The lowest BCUT2D eigenvalue weighted by molar-refractivity contribution is 0.842. The summed E-state index contributed by atoms with van der Waals surface area (Å²) in [7, 11) is 5.56. The van der Waals surface area contributed by atoms with Gasteiger partial charge in [0.2, 0.25) is 17.8 Å². The molecule has 7 nitrogen and oxygen atoms in total. The van der Waals surface area contributed by atoms with Gasteiger partial charge in [-0.2, -0.15) is 15.0 Å². The maximum Gasteiger partial charge on any atom is 0.231 e. The van der Waals surface area contributed by atoms with Gasteiger partial charge in [0.15, 0.2) is 0 Å². The summed E-state index contributed by atoms with van der Waals surface area (Å²) in [5.74, 6) is 1.67. The van der Waals surface area contributed by atoms with Crippen LogP contribution in [0.2, 0.25) is 0 Å². The first-order valence-corrected chi connectivity index (χ1v) is 6.37. The molecule has 0 bridgehead atoms. The molecule has 1 unspecified atom stereocenters. The molecule has 0 saturated carbocycles. The van der Waals surface area contributed by atoms with Gasteiger partial charge in [-0.3, -0.25) is 4.98 Å². The largest absolute Gasteiger partial charge is 0.357 e. The van der Waals surface area contributed by atoms with Crippen molar-refractivity contribution < 1.29 is 0 Å². The zero-order valence-electron chi connectivity index (χ0n) is 12.1. The minimum atomic E-state index is 0.0609. The second kappa shape index (κ2) is 6.14. The molecule has 0 fully saturated rings. The van der Waals surface area contributed by atoms with Crippen LogP contribution in [-0.4, -0.2) is 41.1 Å². The van der Waals surface area contributed by atoms with E-state index in [4.69, 9.17) is 0 Å². The van der Waals surface area contributed by atoms with Crippen LogP contribution in [0.1, 0.15) is 18.5 Å². The Kier molecular flexibility index (Phi) is 4.29. The fraction of sp³-hybridized carbons (Fsp3) is 0.385. The predicted molar refractivity (Wildman–Crippen MR) is 80.0 cm³/mol. The monoisotopic (exact) mass is 273 g/mol. The number of anilines is 3. The van der Waals surface area contributed by atoms with E-state index < -0.39 is 0 Å². The third kappa shape index (κ3) is 3.31. The Bertz CT molecular complexity index is 556. The first kappa shape index (κ1) is 14.0. The Morgan fingerprint density at radius 1 is 1.15 bits per heavy atom. The molecular weight excluding hydrogens is 254 g/mol. The second-order valence-electron chi connectivity index (χ2n) is 4.58. The van der Waals surface area contributed by atoms with Gasteiger partial charge in [-0.1, -0.05) is 6.07 Å². The molecule has 20 heavy (non-hydrogen) atoms. The van der Waals surface area contributed by atoms with Gasteiger partial charge in [-0.15, -0.1) is 0 Å². The van der Waals surface area contributed by atoms with Crippen LogP contribution in [0.15, 0.2) is 24.5 Å². The van der Waals surface area contributed by atoms with Gasteiger partial charge < -0.3 is 15.5 Å². The zero-order valence-corrected chi connectivity index (χ0v) is 12.1. The van der Waals surface area contributed by atoms with Crippen LogP contribution >= 0.6 is 0 Å². The first-order chi connectivity index (χ1) is 9.60. The number of nitrogens with one attached hydrogen (secondary N) is 2. The molecule has 2 aromatic heterocycles. The van der Waals surface area contributed by atoms with Gasteiger partial charge in [0.1, 0.15) is 0 Å². The predicted octanol–water partition coefficient (Wildman–Crippen LogP) is 1.55. The lowest BCUT2D eigenvalue weighted by Crippen LogP contribution is -2.17. The minimum Gasteiger partial charge on any atom is -0.357 e. The van der Waals surface area contributed by atoms with Gasteiger partial charge in [-0.05, 0) is 18.6 Å². The summed E-state index contributed by atoms with van der Waals surface area (Å²) in [6.07, 6.45) is 3.58. The van der Waals surface area contributed by atoms with Crippen molar-refractivity contribution in [3.05, 3.63) is 30.1 Å². The molecular formula is C13H19N7. The number of aromatic nitrogens is 4. The summed E-state index contributed by atoms with van der Waals surface area (Å²) in [6.45, 7) is 2.04. The third-order valence-corrected chi connectivity index (χ3v) is 2.78. The van der Waals surface area contributed by atoms with E-state index in [1.54, 1.807) is 13.2 Å². The molecule has 7 heteroatoms. The van der Waals surface area contributed by atoms with E-state index >= 15 is 0 Å². The Morgan fingerprint density at radius 2 is 1.90 bits per heavy atom. The fourth-order valence-electron chi connectivity index (χ4n) is 1.65. The van der Waals surface area contributed by atoms with Crippen LogP contribution in [0.5, 0.6) is 0 Å². The highest BCUT2D eigenvalue weighted by Gasteiger charge is 2.11. The Hall–Kier alpha value is -2.44. The van der Waals surface area contributed by atoms with Crippen molar-refractivity contribution in [2.45, 2.75) is 13.0 Å². The molecule has 0 aromatic carbocycles. The molecule has 0 saturated heterocycles. The van der Waals surface area contributed by atoms with Gasteiger partial charge in [0.25, 0.3) is 0 Å². The van der Waals surface area contributed by atoms with E-state index in [1.807, 2.05) is 44.2 Å². The van der Waals surface area contributed by atoms with E-state index in [9.17, 15) is 0 Å². The minimum absolute atomic E-state index is 0.0609.